The van der Waals surface area contributed by atoms with Crippen molar-refractivity contribution in [2.75, 3.05) is 23.7 Å². The molecule has 0 atom stereocenters. The monoisotopic (exact) mass is 311 g/mol. The summed E-state index contributed by atoms with van der Waals surface area (Å²) in [5.74, 6) is 2.94. The Labute approximate surface area is 134 Å². The Bertz CT molecular complexity index is 709. The zero-order chi connectivity index (χ0) is 15.3. The largest absolute Gasteiger partial charge is 0.354 e. The molecule has 0 unspecified atom stereocenters. The third kappa shape index (κ3) is 2.55. The second-order valence-electron chi connectivity index (χ2n) is 7.21. The highest BCUT2D eigenvalue weighted by Gasteiger charge is 2.49. The molecule has 0 aromatic carbocycles. The van der Waals surface area contributed by atoms with Crippen LogP contribution in [0.1, 0.15) is 37.3 Å². The van der Waals surface area contributed by atoms with Crippen LogP contribution in [0.3, 0.4) is 0 Å². The van der Waals surface area contributed by atoms with Crippen molar-refractivity contribution >= 4 is 17.6 Å². The van der Waals surface area contributed by atoms with Crippen LogP contribution in [0.25, 0.3) is 0 Å². The minimum absolute atomic E-state index is 0.415. The Morgan fingerprint density at radius 1 is 1.26 bits per heavy atom. The fourth-order valence-electron chi connectivity index (χ4n) is 3.76. The van der Waals surface area contributed by atoms with Gasteiger partial charge in [0.05, 0.1) is 0 Å². The number of aromatic amines is 1. The molecule has 6 rings (SSSR count). The lowest BCUT2D eigenvalue weighted by Crippen LogP contribution is -2.39. The minimum Gasteiger partial charge on any atom is -0.354 e. The Balaban J connectivity index is 1.24. The summed E-state index contributed by atoms with van der Waals surface area (Å²) >= 11 is 0. The molecule has 4 fully saturated rings. The van der Waals surface area contributed by atoms with Gasteiger partial charge in [-0.3, -0.25) is 5.10 Å². The minimum atomic E-state index is 0.415. The van der Waals surface area contributed by atoms with E-state index in [0.29, 0.717) is 17.3 Å². The summed E-state index contributed by atoms with van der Waals surface area (Å²) in [4.78, 5) is 8.86. The lowest BCUT2D eigenvalue weighted by molar-refractivity contribution is 0.215. The third-order valence-electron chi connectivity index (χ3n) is 5.27. The van der Waals surface area contributed by atoms with E-state index < -0.39 is 0 Å². The van der Waals surface area contributed by atoms with Crippen molar-refractivity contribution < 1.29 is 0 Å². The zero-order valence-corrected chi connectivity index (χ0v) is 13.0. The molecule has 4 N–H and O–H groups in total. The smallest absolute Gasteiger partial charge is 0.224 e. The highest BCUT2D eigenvalue weighted by Crippen LogP contribution is 2.46. The van der Waals surface area contributed by atoms with Crippen LogP contribution < -0.4 is 16.0 Å². The van der Waals surface area contributed by atoms with Crippen LogP contribution in [0.2, 0.25) is 0 Å². The first kappa shape index (κ1) is 13.3. The van der Waals surface area contributed by atoms with E-state index in [9.17, 15) is 0 Å². The van der Waals surface area contributed by atoms with Crippen molar-refractivity contribution in [3.05, 3.63) is 24.0 Å². The molecule has 2 aliphatic heterocycles. The first-order valence-corrected chi connectivity index (χ1v) is 8.41. The van der Waals surface area contributed by atoms with E-state index in [0.717, 1.165) is 30.8 Å². The van der Waals surface area contributed by atoms with Gasteiger partial charge in [0, 0.05) is 48.4 Å². The molecule has 2 aromatic rings. The number of hydrogen-bond donors (Lipinski definition) is 4. The van der Waals surface area contributed by atoms with Gasteiger partial charge in [-0.25, -0.2) is 4.98 Å². The van der Waals surface area contributed by atoms with Gasteiger partial charge >= 0.3 is 0 Å². The zero-order valence-electron chi connectivity index (χ0n) is 13.0. The van der Waals surface area contributed by atoms with E-state index in [-0.39, 0.29) is 0 Å². The predicted octanol–water partition coefficient (Wildman–Crippen LogP) is 1.98. The fourth-order valence-corrected chi connectivity index (χ4v) is 3.76. The van der Waals surface area contributed by atoms with Gasteiger partial charge < -0.3 is 16.0 Å². The number of H-pyrrole nitrogens is 1. The summed E-state index contributed by atoms with van der Waals surface area (Å²) in [6.07, 6.45) is 6.85. The molecule has 0 amide bonds. The average molecular weight is 311 g/mol. The number of hydrogen-bond acceptors (Lipinski definition) is 6. The third-order valence-corrected chi connectivity index (χ3v) is 5.27. The summed E-state index contributed by atoms with van der Waals surface area (Å²) < 4.78 is 0. The lowest BCUT2D eigenvalue weighted by atomic mass is 9.70. The average Bonchev–Trinajstić information content (AvgIpc) is 2.96. The SMILES string of the molecule is c1cc(Nc2cc(C3CC3)[nH]n2)nc(NCC23CNC(C2)C3)n1. The van der Waals surface area contributed by atoms with E-state index in [1.54, 1.807) is 6.20 Å². The van der Waals surface area contributed by atoms with Gasteiger partial charge in [0.25, 0.3) is 0 Å². The van der Waals surface area contributed by atoms with Crippen LogP contribution >= 0.6 is 0 Å². The van der Waals surface area contributed by atoms with E-state index in [4.69, 9.17) is 0 Å². The molecule has 0 radical (unpaired) electrons. The summed E-state index contributed by atoms with van der Waals surface area (Å²) in [7, 11) is 0. The van der Waals surface area contributed by atoms with Crippen LogP contribution in [0.5, 0.6) is 0 Å². The number of fused-ring (bicyclic) bond motifs is 1. The predicted molar refractivity (Wildman–Crippen MR) is 87.8 cm³/mol. The van der Waals surface area contributed by atoms with Gasteiger partial charge in [-0.1, -0.05) is 0 Å². The second-order valence-corrected chi connectivity index (χ2v) is 7.21. The number of rotatable bonds is 6. The maximum Gasteiger partial charge on any atom is 0.224 e. The van der Waals surface area contributed by atoms with Crippen molar-refractivity contribution in [1.29, 1.82) is 0 Å². The second kappa shape index (κ2) is 4.92. The van der Waals surface area contributed by atoms with Crippen molar-refractivity contribution in [3.8, 4) is 0 Å². The maximum atomic E-state index is 4.54. The first-order chi connectivity index (χ1) is 11.3. The Hall–Kier alpha value is -2.15. The highest BCUT2D eigenvalue weighted by molar-refractivity contribution is 5.53. The van der Waals surface area contributed by atoms with Crippen LogP contribution in [-0.4, -0.2) is 39.3 Å². The van der Waals surface area contributed by atoms with Crippen molar-refractivity contribution in [3.63, 3.8) is 0 Å². The molecule has 2 saturated heterocycles. The summed E-state index contributed by atoms with van der Waals surface area (Å²) in [6.45, 7) is 2.05. The van der Waals surface area contributed by atoms with Crippen LogP contribution in [0, 0.1) is 5.41 Å². The maximum absolute atomic E-state index is 4.54. The van der Waals surface area contributed by atoms with Crippen molar-refractivity contribution in [2.45, 2.75) is 37.6 Å². The number of nitrogens with one attached hydrogen (secondary N) is 4. The van der Waals surface area contributed by atoms with Gasteiger partial charge in [0.2, 0.25) is 5.95 Å². The molecular formula is C16H21N7. The fraction of sp³-hybridized carbons (Fsp3) is 0.562. The molecule has 7 nitrogen and oxygen atoms in total. The van der Waals surface area contributed by atoms with Gasteiger partial charge in [0.15, 0.2) is 5.82 Å². The molecule has 7 heteroatoms. The Kier molecular flexibility index (Phi) is 2.85. The van der Waals surface area contributed by atoms with Crippen LogP contribution in [0.4, 0.5) is 17.6 Å². The Morgan fingerprint density at radius 3 is 2.96 bits per heavy atom. The molecule has 2 aliphatic carbocycles. The van der Waals surface area contributed by atoms with Gasteiger partial charge in [-0.05, 0) is 31.7 Å². The molecule has 120 valence electrons. The Morgan fingerprint density at radius 2 is 2.17 bits per heavy atom. The van der Waals surface area contributed by atoms with Crippen molar-refractivity contribution in [2.24, 2.45) is 5.41 Å². The van der Waals surface area contributed by atoms with E-state index in [1.165, 1.54) is 31.4 Å². The number of aromatic nitrogens is 4. The molecule has 2 aromatic heterocycles. The van der Waals surface area contributed by atoms with E-state index >= 15 is 0 Å². The molecule has 23 heavy (non-hydrogen) atoms. The molecule has 2 bridgehead atoms. The number of anilines is 3. The summed E-state index contributed by atoms with van der Waals surface area (Å²) in [6, 6.07) is 4.68. The van der Waals surface area contributed by atoms with E-state index in [1.807, 2.05) is 6.07 Å². The summed E-state index contributed by atoms with van der Waals surface area (Å²) in [5, 5.41) is 17.6. The molecule has 4 aliphatic rings. The van der Waals surface area contributed by atoms with Gasteiger partial charge in [-0.2, -0.15) is 10.1 Å². The van der Waals surface area contributed by atoms with Gasteiger partial charge in [0.1, 0.15) is 5.82 Å². The topological polar surface area (TPSA) is 90.5 Å². The van der Waals surface area contributed by atoms with Crippen molar-refractivity contribution in [1.82, 2.24) is 25.5 Å². The first-order valence-electron chi connectivity index (χ1n) is 8.41. The van der Waals surface area contributed by atoms with Crippen LogP contribution in [-0.2, 0) is 0 Å². The summed E-state index contributed by atoms with van der Waals surface area (Å²) in [5.41, 5.74) is 1.63. The molecular weight excluding hydrogens is 290 g/mol. The van der Waals surface area contributed by atoms with Gasteiger partial charge in [-0.15, -0.1) is 0 Å². The quantitative estimate of drug-likeness (QED) is 0.652. The molecule has 2 saturated carbocycles. The standard InChI is InChI=1S/C16H21N7/c1-2-10(1)12-5-14(23-22-12)20-13-3-4-17-15(21-13)19-9-16-6-11(7-16)18-8-16/h3-5,10-11,18H,1-2,6-9H2,(H3,17,19,20,21,22,23). The van der Waals surface area contributed by atoms with Crippen LogP contribution in [0.15, 0.2) is 18.3 Å². The normalized spacial score (nSPS) is 28.4. The molecule has 0 spiro atoms. The highest BCUT2D eigenvalue weighted by atomic mass is 15.2. The van der Waals surface area contributed by atoms with E-state index in [2.05, 4.69) is 42.2 Å². The lowest BCUT2D eigenvalue weighted by Gasteiger charge is -2.36. The molecule has 4 heterocycles. The number of nitrogens with zero attached hydrogens (tertiary/aromatic N) is 3.